The molecule has 1 atom stereocenters. The van der Waals surface area contributed by atoms with Crippen molar-refractivity contribution in [1.82, 2.24) is 0 Å². The molecule has 0 spiro atoms. The van der Waals surface area contributed by atoms with E-state index in [1.807, 2.05) is 31.2 Å². The van der Waals surface area contributed by atoms with E-state index in [1.54, 1.807) is 13.0 Å². The lowest BCUT2D eigenvalue weighted by atomic mass is 9.93. The number of hydrogen-bond donors (Lipinski definition) is 1. The van der Waals surface area contributed by atoms with Gasteiger partial charge in [-0.1, -0.05) is 24.3 Å². The van der Waals surface area contributed by atoms with E-state index >= 15 is 0 Å². The maximum absolute atomic E-state index is 12.3. The standard InChI is InChI=1S/C17H16O3/c1-10-5-3-4-6-12(10)17-9-15(19)13-8-14(18)11(2)7-16(13)20-17/h3-8,17-18H,9H2,1-2H3. The molecule has 3 nitrogen and oxygen atoms in total. The normalized spacial score (nSPS) is 17.5. The minimum Gasteiger partial charge on any atom is -0.508 e. The third kappa shape index (κ3) is 2.05. The smallest absolute Gasteiger partial charge is 0.170 e. The zero-order valence-electron chi connectivity index (χ0n) is 11.5. The van der Waals surface area contributed by atoms with Crippen LogP contribution < -0.4 is 4.74 Å². The van der Waals surface area contributed by atoms with Crippen LogP contribution in [-0.2, 0) is 0 Å². The predicted octanol–water partition coefficient (Wildman–Crippen LogP) is 3.72. The van der Waals surface area contributed by atoms with E-state index in [4.69, 9.17) is 4.74 Å². The fraction of sp³-hybridized carbons (Fsp3) is 0.235. The number of aryl methyl sites for hydroxylation is 2. The molecule has 0 amide bonds. The van der Waals surface area contributed by atoms with E-state index in [-0.39, 0.29) is 17.6 Å². The van der Waals surface area contributed by atoms with Gasteiger partial charge in [-0.2, -0.15) is 0 Å². The highest BCUT2D eigenvalue weighted by molar-refractivity contribution is 6.00. The number of benzene rings is 2. The number of Topliss-reactive ketones (excluding diaryl/α,β-unsaturated/α-hetero) is 1. The Morgan fingerprint density at radius 2 is 1.90 bits per heavy atom. The fourth-order valence-corrected chi connectivity index (χ4v) is 2.58. The van der Waals surface area contributed by atoms with Gasteiger partial charge < -0.3 is 9.84 Å². The first-order valence-electron chi connectivity index (χ1n) is 6.65. The molecule has 1 heterocycles. The Morgan fingerprint density at radius 1 is 1.15 bits per heavy atom. The number of carbonyl (C=O) groups is 1. The van der Waals surface area contributed by atoms with Gasteiger partial charge in [0.05, 0.1) is 12.0 Å². The molecule has 2 aromatic carbocycles. The molecule has 0 fully saturated rings. The number of ketones is 1. The van der Waals surface area contributed by atoms with E-state index in [0.29, 0.717) is 23.3 Å². The van der Waals surface area contributed by atoms with Crippen LogP contribution in [0.2, 0.25) is 0 Å². The van der Waals surface area contributed by atoms with E-state index < -0.39 is 0 Å². The van der Waals surface area contributed by atoms with Crippen LogP contribution in [0.15, 0.2) is 36.4 Å². The number of phenolic OH excluding ortho intramolecular Hbond substituents is 1. The van der Waals surface area contributed by atoms with Crippen molar-refractivity contribution >= 4 is 5.78 Å². The van der Waals surface area contributed by atoms with Gasteiger partial charge in [0.25, 0.3) is 0 Å². The first-order chi connectivity index (χ1) is 9.56. The molecule has 20 heavy (non-hydrogen) atoms. The summed E-state index contributed by atoms with van der Waals surface area (Å²) in [6, 6.07) is 11.2. The van der Waals surface area contributed by atoms with Gasteiger partial charge in [0.1, 0.15) is 17.6 Å². The topological polar surface area (TPSA) is 46.5 Å². The molecule has 0 aromatic heterocycles. The van der Waals surface area contributed by atoms with Crippen LogP contribution in [-0.4, -0.2) is 10.9 Å². The molecule has 0 radical (unpaired) electrons. The number of fused-ring (bicyclic) bond motifs is 1. The summed E-state index contributed by atoms with van der Waals surface area (Å²) in [5.74, 6) is 0.703. The number of carbonyl (C=O) groups excluding carboxylic acids is 1. The van der Waals surface area contributed by atoms with Gasteiger partial charge in [0.2, 0.25) is 0 Å². The Kier molecular flexibility index (Phi) is 2.97. The Bertz CT molecular complexity index is 689. The first-order valence-corrected chi connectivity index (χ1v) is 6.65. The van der Waals surface area contributed by atoms with Crippen LogP contribution in [0.1, 0.15) is 39.6 Å². The monoisotopic (exact) mass is 268 g/mol. The Morgan fingerprint density at radius 3 is 2.65 bits per heavy atom. The average Bonchev–Trinajstić information content (AvgIpc) is 2.41. The molecule has 0 aliphatic carbocycles. The van der Waals surface area contributed by atoms with Crippen molar-refractivity contribution in [1.29, 1.82) is 0 Å². The number of aromatic hydroxyl groups is 1. The lowest BCUT2D eigenvalue weighted by molar-refractivity contribution is 0.0848. The highest BCUT2D eigenvalue weighted by Crippen LogP contribution is 2.38. The lowest BCUT2D eigenvalue weighted by Gasteiger charge is -2.27. The van der Waals surface area contributed by atoms with Gasteiger partial charge in [0.15, 0.2) is 5.78 Å². The van der Waals surface area contributed by atoms with Gasteiger partial charge in [0, 0.05) is 0 Å². The van der Waals surface area contributed by atoms with Gasteiger partial charge >= 0.3 is 0 Å². The molecule has 102 valence electrons. The highest BCUT2D eigenvalue weighted by atomic mass is 16.5. The Hall–Kier alpha value is -2.29. The number of rotatable bonds is 1. The summed E-state index contributed by atoms with van der Waals surface area (Å²) in [7, 11) is 0. The van der Waals surface area contributed by atoms with Crippen LogP contribution in [0.4, 0.5) is 0 Å². The molecule has 0 saturated carbocycles. The summed E-state index contributed by atoms with van der Waals surface area (Å²) in [6.45, 7) is 3.81. The second-order valence-electron chi connectivity index (χ2n) is 5.23. The molecule has 1 aliphatic rings. The highest BCUT2D eigenvalue weighted by Gasteiger charge is 2.29. The van der Waals surface area contributed by atoms with E-state index in [2.05, 4.69) is 0 Å². The van der Waals surface area contributed by atoms with Crippen molar-refractivity contribution in [2.75, 3.05) is 0 Å². The Balaban J connectivity index is 2.03. The van der Waals surface area contributed by atoms with Gasteiger partial charge in [-0.3, -0.25) is 4.79 Å². The summed E-state index contributed by atoms with van der Waals surface area (Å²) < 4.78 is 5.97. The second-order valence-corrected chi connectivity index (χ2v) is 5.23. The van der Waals surface area contributed by atoms with E-state index in [0.717, 1.165) is 11.1 Å². The van der Waals surface area contributed by atoms with E-state index in [1.165, 1.54) is 6.07 Å². The number of hydrogen-bond acceptors (Lipinski definition) is 3. The van der Waals surface area contributed by atoms with Gasteiger partial charge in [-0.15, -0.1) is 0 Å². The second kappa shape index (κ2) is 4.67. The third-order valence-electron chi connectivity index (χ3n) is 3.77. The molecule has 0 bridgehead atoms. The fourth-order valence-electron chi connectivity index (χ4n) is 2.58. The van der Waals surface area contributed by atoms with Crippen molar-refractivity contribution in [3.05, 3.63) is 58.7 Å². The van der Waals surface area contributed by atoms with Crippen molar-refractivity contribution < 1.29 is 14.6 Å². The van der Waals surface area contributed by atoms with Crippen LogP contribution in [0.25, 0.3) is 0 Å². The maximum Gasteiger partial charge on any atom is 0.170 e. The summed E-state index contributed by atoms with van der Waals surface area (Å²) in [4.78, 5) is 12.3. The first kappa shape index (κ1) is 12.7. The number of ether oxygens (including phenoxy) is 1. The van der Waals surface area contributed by atoms with Gasteiger partial charge in [-0.05, 0) is 42.7 Å². The molecule has 3 heteroatoms. The minimum atomic E-state index is -0.250. The summed E-state index contributed by atoms with van der Waals surface area (Å²) in [5, 5.41) is 9.71. The van der Waals surface area contributed by atoms with Crippen molar-refractivity contribution in [3.63, 3.8) is 0 Å². The summed E-state index contributed by atoms with van der Waals surface area (Å²) >= 11 is 0. The molecular formula is C17H16O3. The molecule has 0 saturated heterocycles. The molecule has 1 aliphatic heterocycles. The Labute approximate surface area is 117 Å². The zero-order chi connectivity index (χ0) is 14.3. The molecule has 1 N–H and O–H groups in total. The van der Waals surface area contributed by atoms with Crippen molar-refractivity contribution in [3.8, 4) is 11.5 Å². The average molecular weight is 268 g/mol. The lowest BCUT2D eigenvalue weighted by Crippen LogP contribution is -2.21. The maximum atomic E-state index is 12.3. The molecule has 3 rings (SSSR count). The summed E-state index contributed by atoms with van der Waals surface area (Å²) in [5.41, 5.74) is 3.33. The predicted molar refractivity (Wildman–Crippen MR) is 76.3 cm³/mol. The molecule has 2 aromatic rings. The van der Waals surface area contributed by atoms with Crippen LogP contribution in [0.3, 0.4) is 0 Å². The SMILES string of the molecule is Cc1cc2c(cc1O)C(=O)CC(c1ccccc1C)O2. The quantitative estimate of drug-likeness (QED) is 0.857. The van der Waals surface area contributed by atoms with E-state index in [9.17, 15) is 9.90 Å². The zero-order valence-corrected chi connectivity index (χ0v) is 11.5. The van der Waals surface area contributed by atoms with Crippen LogP contribution in [0, 0.1) is 13.8 Å². The third-order valence-corrected chi connectivity index (χ3v) is 3.77. The largest absolute Gasteiger partial charge is 0.508 e. The van der Waals surface area contributed by atoms with Crippen molar-refractivity contribution in [2.45, 2.75) is 26.4 Å². The number of phenols is 1. The molecular weight excluding hydrogens is 252 g/mol. The van der Waals surface area contributed by atoms with Gasteiger partial charge in [-0.25, -0.2) is 0 Å². The van der Waals surface area contributed by atoms with Crippen molar-refractivity contribution in [2.24, 2.45) is 0 Å². The minimum absolute atomic E-state index is 0.00908. The van der Waals surface area contributed by atoms with Crippen LogP contribution >= 0.6 is 0 Å². The van der Waals surface area contributed by atoms with Crippen LogP contribution in [0.5, 0.6) is 11.5 Å². The summed E-state index contributed by atoms with van der Waals surface area (Å²) in [6.07, 6.45) is 0.0560. The molecule has 1 unspecified atom stereocenters.